The quantitative estimate of drug-likeness (QED) is 0.153. The Morgan fingerprint density at radius 1 is 0.726 bits per heavy atom. The molecule has 0 radical (unpaired) electrons. The molecule has 0 bridgehead atoms. The van der Waals surface area contributed by atoms with Gasteiger partial charge in [-0.25, -0.2) is 17.6 Å². The number of allylic oxidation sites excluding steroid dienone is 2. The Morgan fingerprint density at radius 2 is 1.37 bits per heavy atom. The predicted octanol–water partition coefficient (Wildman–Crippen LogP) is 15.0. The third-order valence-corrected chi connectivity index (χ3v) is 16.7. The number of rotatable bonds is 11. The number of aromatic nitrogens is 1. The fourth-order valence-corrected chi connectivity index (χ4v) is 13.8. The maximum absolute atomic E-state index is 16.9. The summed E-state index contributed by atoms with van der Waals surface area (Å²) in [5, 5.41) is 0.953. The molecule has 3 nitrogen and oxygen atoms in total. The molecule has 10 rings (SSSR count). The summed E-state index contributed by atoms with van der Waals surface area (Å²) < 4.78 is 66.2. The third kappa shape index (κ3) is 7.80. The topological polar surface area (TPSA) is 36.1 Å². The Bertz CT molecular complexity index is 2370. The molecule has 0 amide bonds. The molecular weight excluding hydrogens is 781 g/mol. The van der Waals surface area contributed by atoms with Crippen molar-refractivity contribution in [3.05, 3.63) is 122 Å². The number of nitrogens with one attached hydrogen (secondary N) is 1. The van der Waals surface area contributed by atoms with E-state index in [4.69, 9.17) is 0 Å². The number of benzene rings is 3. The monoisotopic (exact) mass is 844 g/mol. The van der Waals surface area contributed by atoms with Gasteiger partial charge in [0.2, 0.25) is 0 Å². The van der Waals surface area contributed by atoms with E-state index in [1.165, 1.54) is 61.9 Å². The lowest BCUT2D eigenvalue weighted by Crippen LogP contribution is -2.36. The Morgan fingerprint density at radius 3 is 2.06 bits per heavy atom. The van der Waals surface area contributed by atoms with E-state index in [1.807, 2.05) is 12.1 Å². The number of halogens is 4. The van der Waals surface area contributed by atoms with Crippen molar-refractivity contribution in [2.24, 2.45) is 11.8 Å². The second-order valence-electron chi connectivity index (χ2n) is 20.3. The van der Waals surface area contributed by atoms with Crippen molar-refractivity contribution in [1.82, 2.24) is 9.88 Å². The van der Waals surface area contributed by atoms with Crippen molar-refractivity contribution < 1.29 is 22.4 Å². The zero-order chi connectivity index (χ0) is 42.6. The van der Waals surface area contributed by atoms with E-state index in [1.54, 1.807) is 19.1 Å². The average molecular weight is 845 g/mol. The molecule has 62 heavy (non-hydrogen) atoms. The van der Waals surface area contributed by atoms with Crippen molar-refractivity contribution in [2.45, 2.75) is 171 Å². The molecule has 1 aliphatic heterocycles. The molecule has 3 aromatic carbocycles. The zero-order valence-corrected chi connectivity index (χ0v) is 36.8. The number of aromatic amines is 1. The van der Waals surface area contributed by atoms with Gasteiger partial charge in [-0.3, -0.25) is 0 Å². The standard InChI is InChI=1S/C55H64F4N2O/c1-3-52(43(22-32(2)62)33-12-7-8-13-33)61-21-11-18-53(61)39-23-36-25-44(46(56)27-37(36)24-39)41-19-20-42(45-26-38-30-50(34-14-9-10-15-34)60-51(38)31-47(45)57)54(41)40-28-48(58)55(49(59)29-40)35-16-5-4-6-17-35/h3,23,25-31,33-35,41-43,53-54,60H,4-22,24H2,1-2H3/b52-3-/t41-,42-,43+,53+,54?/m1/s1. The highest BCUT2D eigenvalue weighted by molar-refractivity contribution is 5.82. The number of hydrogen-bond donors (Lipinski definition) is 1. The highest BCUT2D eigenvalue weighted by Crippen LogP contribution is 2.56. The molecule has 4 saturated carbocycles. The number of carbonyl (C=O) groups is 1. The first-order chi connectivity index (χ1) is 30.1. The number of Topliss-reactive ketones (excluding diaryl/α,β-unsaturated/α-hetero) is 1. The lowest BCUT2D eigenvalue weighted by Gasteiger charge is -2.37. The Labute approximate surface area is 365 Å². The van der Waals surface area contributed by atoms with Crippen molar-refractivity contribution in [3.63, 3.8) is 0 Å². The van der Waals surface area contributed by atoms with E-state index in [-0.39, 0.29) is 46.8 Å². The maximum atomic E-state index is 16.9. The van der Waals surface area contributed by atoms with E-state index in [9.17, 15) is 4.79 Å². The fraction of sp³-hybridized carbons (Fsp3) is 0.545. The summed E-state index contributed by atoms with van der Waals surface area (Å²) in [4.78, 5) is 18.7. The van der Waals surface area contributed by atoms with Gasteiger partial charge in [0.05, 0.1) is 6.04 Å². The molecule has 1 aromatic heterocycles. The number of ketones is 1. The SMILES string of the molecule is C/C=C(/[C@@H](CC(C)=O)C1CCCC1)N1CCC[C@H]1C1=Cc2cc([C@H]3CC[C@H](c4cc5cc(C6CCCC6)[nH]c5cc4F)C3c3cc(F)c(C4CCCCC4)c(F)c3)c(F)cc2C1. The van der Waals surface area contributed by atoms with Gasteiger partial charge in [-0.05, 0) is 196 Å². The smallest absolute Gasteiger partial charge is 0.130 e. The number of likely N-dealkylation sites (tertiary alicyclic amines) is 1. The lowest BCUT2D eigenvalue weighted by atomic mass is 9.75. The van der Waals surface area contributed by atoms with E-state index >= 15 is 17.6 Å². The molecular formula is C55H64F4N2O. The first kappa shape index (κ1) is 41.9. The molecule has 1 N–H and O–H groups in total. The summed E-state index contributed by atoms with van der Waals surface area (Å²) in [7, 11) is 0. The second-order valence-corrected chi connectivity index (χ2v) is 20.3. The highest BCUT2D eigenvalue weighted by atomic mass is 19.1. The number of hydrogen-bond acceptors (Lipinski definition) is 2. The minimum absolute atomic E-state index is 0.145. The van der Waals surface area contributed by atoms with Crippen LogP contribution < -0.4 is 0 Å². The van der Waals surface area contributed by atoms with Crippen LogP contribution in [0.3, 0.4) is 0 Å². The van der Waals surface area contributed by atoms with Crippen LogP contribution in [0.15, 0.2) is 59.8 Å². The first-order valence-electron chi connectivity index (χ1n) is 24.4. The molecule has 1 unspecified atom stereocenters. The van der Waals surface area contributed by atoms with Crippen molar-refractivity contribution in [2.75, 3.05) is 6.54 Å². The largest absolute Gasteiger partial charge is 0.368 e. The molecule has 5 atom stereocenters. The van der Waals surface area contributed by atoms with Crippen LogP contribution in [0.1, 0.15) is 198 Å². The van der Waals surface area contributed by atoms with Gasteiger partial charge in [0, 0.05) is 46.7 Å². The highest BCUT2D eigenvalue weighted by Gasteiger charge is 2.43. The summed E-state index contributed by atoms with van der Waals surface area (Å²) in [5.74, 6) is -1.67. The third-order valence-electron chi connectivity index (χ3n) is 16.7. The van der Waals surface area contributed by atoms with E-state index < -0.39 is 23.5 Å². The molecule has 2 heterocycles. The predicted molar refractivity (Wildman–Crippen MR) is 241 cm³/mol. The van der Waals surface area contributed by atoms with Gasteiger partial charge < -0.3 is 14.7 Å². The number of carbonyl (C=O) groups excluding carboxylic acids is 1. The normalized spacial score (nSPS) is 25.7. The Hall–Kier alpha value is -4.13. The van der Waals surface area contributed by atoms with Gasteiger partial charge >= 0.3 is 0 Å². The molecule has 0 spiro atoms. The summed E-state index contributed by atoms with van der Waals surface area (Å²) in [6, 6.07) is 12.6. The van der Waals surface area contributed by atoms with Crippen LogP contribution >= 0.6 is 0 Å². The molecule has 6 aliphatic rings. The number of nitrogens with zero attached hydrogens (tertiary/aromatic N) is 1. The number of H-pyrrole nitrogens is 1. The Kier molecular flexibility index (Phi) is 11.8. The second kappa shape index (κ2) is 17.4. The van der Waals surface area contributed by atoms with Crippen molar-refractivity contribution in [1.29, 1.82) is 0 Å². The molecule has 5 fully saturated rings. The summed E-state index contributed by atoms with van der Waals surface area (Å²) in [6.45, 7) is 4.79. The molecule has 4 aromatic rings. The lowest BCUT2D eigenvalue weighted by molar-refractivity contribution is -0.118. The van der Waals surface area contributed by atoms with Crippen LogP contribution in [0.2, 0.25) is 0 Å². The minimum atomic E-state index is -0.527. The van der Waals surface area contributed by atoms with Crippen molar-refractivity contribution in [3.8, 4) is 0 Å². The van der Waals surface area contributed by atoms with Crippen LogP contribution in [-0.2, 0) is 11.2 Å². The van der Waals surface area contributed by atoms with E-state index in [0.29, 0.717) is 54.2 Å². The van der Waals surface area contributed by atoms with Crippen LogP contribution in [0, 0.1) is 35.1 Å². The van der Waals surface area contributed by atoms with Gasteiger partial charge in [-0.2, -0.15) is 0 Å². The fourth-order valence-electron chi connectivity index (χ4n) is 13.8. The summed E-state index contributed by atoms with van der Waals surface area (Å²) >= 11 is 0. The molecule has 5 aliphatic carbocycles. The molecule has 1 saturated heterocycles. The van der Waals surface area contributed by atoms with Crippen LogP contribution in [0.25, 0.3) is 17.0 Å². The minimum Gasteiger partial charge on any atom is -0.368 e. The van der Waals surface area contributed by atoms with Gasteiger partial charge in [0.15, 0.2) is 0 Å². The Balaban J connectivity index is 1.00. The summed E-state index contributed by atoms with van der Waals surface area (Å²) in [5.41, 5.74) is 8.25. The van der Waals surface area contributed by atoms with Gasteiger partial charge in [-0.15, -0.1) is 0 Å². The molecule has 328 valence electrons. The maximum Gasteiger partial charge on any atom is 0.130 e. The van der Waals surface area contributed by atoms with Crippen LogP contribution in [0.4, 0.5) is 17.6 Å². The average Bonchev–Trinajstić information content (AvgIpc) is 4.11. The summed E-state index contributed by atoms with van der Waals surface area (Å²) in [6.07, 6.45) is 23.0. The zero-order valence-electron chi connectivity index (χ0n) is 36.8. The van der Waals surface area contributed by atoms with Crippen LogP contribution in [-0.4, -0.2) is 28.3 Å². The van der Waals surface area contributed by atoms with Crippen LogP contribution in [0.5, 0.6) is 0 Å². The van der Waals surface area contributed by atoms with Gasteiger partial charge in [0.25, 0.3) is 0 Å². The van der Waals surface area contributed by atoms with E-state index in [0.717, 1.165) is 92.1 Å². The van der Waals surface area contributed by atoms with Gasteiger partial charge in [0.1, 0.15) is 29.1 Å². The van der Waals surface area contributed by atoms with Gasteiger partial charge in [-0.1, -0.05) is 57.1 Å². The first-order valence-corrected chi connectivity index (χ1v) is 24.4. The molecule has 7 heteroatoms. The van der Waals surface area contributed by atoms with E-state index in [2.05, 4.69) is 35.0 Å². The van der Waals surface area contributed by atoms with Crippen molar-refractivity contribution >= 4 is 22.8 Å². The number of fused-ring (bicyclic) bond motifs is 2.